The van der Waals surface area contributed by atoms with Crippen LogP contribution in [0.25, 0.3) is 0 Å². The van der Waals surface area contributed by atoms with Crippen molar-refractivity contribution in [1.82, 2.24) is 0 Å². The lowest BCUT2D eigenvalue weighted by Crippen LogP contribution is -2.29. The Hall–Kier alpha value is -3.13. The monoisotopic (exact) mass is 363 g/mol. The van der Waals surface area contributed by atoms with Gasteiger partial charge in [-0.1, -0.05) is 17.7 Å². The topological polar surface area (TPSA) is 111 Å². The summed E-state index contributed by atoms with van der Waals surface area (Å²) >= 11 is 5.70. The van der Waals surface area contributed by atoms with Gasteiger partial charge in [0.05, 0.1) is 17.7 Å². The van der Waals surface area contributed by atoms with Crippen molar-refractivity contribution in [3.63, 3.8) is 0 Å². The fourth-order valence-electron chi connectivity index (χ4n) is 2.02. The fourth-order valence-corrected chi connectivity index (χ4v) is 2.20. The lowest BCUT2D eigenvalue weighted by molar-refractivity contribution is -0.384. The smallest absolute Gasteiger partial charge is 0.314 e. The molecule has 9 heteroatoms. The zero-order chi connectivity index (χ0) is 18.6. The first kappa shape index (κ1) is 18.2. The molecule has 25 heavy (non-hydrogen) atoms. The van der Waals surface area contributed by atoms with Gasteiger partial charge in [-0.15, -0.1) is 0 Å². The second-order valence-corrected chi connectivity index (χ2v) is 5.44. The maximum absolute atomic E-state index is 12.0. The predicted molar refractivity (Wildman–Crippen MR) is 93.1 cm³/mol. The van der Waals surface area contributed by atoms with Crippen LogP contribution < -0.4 is 15.4 Å². The van der Waals surface area contributed by atoms with Crippen molar-refractivity contribution in [2.24, 2.45) is 0 Å². The minimum atomic E-state index is -0.986. The summed E-state index contributed by atoms with van der Waals surface area (Å²) in [5, 5.41) is 15.5. The highest BCUT2D eigenvalue weighted by Crippen LogP contribution is 2.28. The third-order valence-electron chi connectivity index (χ3n) is 3.21. The highest BCUT2D eigenvalue weighted by Gasteiger charge is 2.19. The highest BCUT2D eigenvalue weighted by molar-refractivity contribution is 6.43. The molecule has 0 fully saturated rings. The first-order valence-corrected chi connectivity index (χ1v) is 7.40. The van der Waals surface area contributed by atoms with Crippen molar-refractivity contribution in [1.29, 1.82) is 0 Å². The van der Waals surface area contributed by atoms with Crippen LogP contribution in [0.15, 0.2) is 36.4 Å². The third kappa shape index (κ3) is 4.45. The quantitative estimate of drug-likeness (QED) is 0.492. The summed E-state index contributed by atoms with van der Waals surface area (Å²) in [6.07, 6.45) is 0. The minimum Gasteiger partial charge on any atom is -0.495 e. The molecule has 2 N–H and O–H groups in total. The minimum absolute atomic E-state index is 0.0723. The summed E-state index contributed by atoms with van der Waals surface area (Å²) in [6.45, 7) is 1.82. The van der Waals surface area contributed by atoms with E-state index < -0.39 is 16.7 Å². The fraction of sp³-hybridized carbons (Fsp3) is 0.125. The molecule has 2 rings (SSSR count). The van der Waals surface area contributed by atoms with Crippen LogP contribution in [0, 0.1) is 17.0 Å². The van der Waals surface area contributed by atoms with E-state index in [1.165, 1.54) is 19.2 Å². The van der Waals surface area contributed by atoms with Crippen LogP contribution in [0.2, 0.25) is 5.02 Å². The molecule has 0 bridgehead atoms. The van der Waals surface area contributed by atoms with Crippen molar-refractivity contribution in [3.8, 4) is 5.75 Å². The van der Waals surface area contributed by atoms with Crippen LogP contribution in [-0.2, 0) is 9.59 Å². The van der Waals surface area contributed by atoms with Crippen LogP contribution in [0.5, 0.6) is 5.75 Å². The van der Waals surface area contributed by atoms with E-state index in [9.17, 15) is 19.7 Å². The molecule has 0 spiro atoms. The van der Waals surface area contributed by atoms with Crippen LogP contribution >= 0.6 is 11.6 Å². The van der Waals surface area contributed by atoms with Gasteiger partial charge in [0, 0.05) is 11.8 Å². The lowest BCUT2D eigenvalue weighted by Gasteiger charge is -2.11. The zero-order valence-corrected chi connectivity index (χ0v) is 14.1. The number of amides is 2. The standard InChI is InChI=1S/C16H14ClN3O5/c1-9-3-6-14(25-2)12(7-9)19-16(22)15(21)18-10-4-5-11(17)13(8-10)20(23)24/h3-8H,1-2H3,(H,18,21)(H,19,22). The summed E-state index contributed by atoms with van der Waals surface area (Å²) in [4.78, 5) is 34.2. The molecule has 0 aliphatic rings. The number of halogens is 1. The number of ether oxygens (including phenoxy) is 1. The van der Waals surface area contributed by atoms with E-state index in [1.807, 2.05) is 6.92 Å². The van der Waals surface area contributed by atoms with E-state index in [0.29, 0.717) is 11.4 Å². The number of rotatable bonds is 4. The van der Waals surface area contributed by atoms with Crippen molar-refractivity contribution < 1.29 is 19.2 Å². The van der Waals surface area contributed by atoms with Gasteiger partial charge in [0.1, 0.15) is 10.8 Å². The number of hydrogen-bond acceptors (Lipinski definition) is 5. The average Bonchev–Trinajstić information content (AvgIpc) is 2.56. The maximum atomic E-state index is 12.0. The number of benzene rings is 2. The number of anilines is 2. The Morgan fingerprint density at radius 3 is 2.44 bits per heavy atom. The number of carbonyl (C=O) groups excluding carboxylic acids is 2. The first-order chi connectivity index (χ1) is 11.8. The van der Waals surface area contributed by atoms with Gasteiger partial charge >= 0.3 is 11.8 Å². The number of nitrogens with one attached hydrogen (secondary N) is 2. The van der Waals surface area contributed by atoms with E-state index in [-0.39, 0.29) is 16.4 Å². The summed E-state index contributed by atoms with van der Waals surface area (Å²) in [5.74, 6) is -1.53. The Labute approximate surface area is 147 Å². The molecule has 0 unspecified atom stereocenters. The molecule has 2 amide bonds. The first-order valence-electron chi connectivity index (χ1n) is 7.02. The summed E-state index contributed by atoms with van der Waals surface area (Å²) < 4.78 is 5.12. The van der Waals surface area contributed by atoms with Gasteiger partial charge in [-0.3, -0.25) is 19.7 Å². The molecule has 2 aromatic carbocycles. The number of carbonyl (C=O) groups is 2. The SMILES string of the molecule is COc1ccc(C)cc1NC(=O)C(=O)Nc1ccc(Cl)c([N+](=O)[O-])c1. The molecule has 2 aromatic rings. The Morgan fingerprint density at radius 2 is 1.80 bits per heavy atom. The van der Waals surface area contributed by atoms with Crippen molar-refractivity contribution in [2.75, 3.05) is 17.7 Å². The Balaban J connectivity index is 2.14. The second-order valence-electron chi connectivity index (χ2n) is 5.04. The number of nitro benzene ring substituents is 1. The van der Waals surface area contributed by atoms with Gasteiger partial charge in [0.25, 0.3) is 5.69 Å². The Kier molecular flexibility index (Phi) is 5.56. The van der Waals surface area contributed by atoms with Crippen LogP contribution in [0.4, 0.5) is 17.1 Å². The number of aryl methyl sites for hydroxylation is 1. The van der Waals surface area contributed by atoms with E-state index in [1.54, 1.807) is 18.2 Å². The molecule has 0 aromatic heterocycles. The van der Waals surface area contributed by atoms with Gasteiger partial charge in [-0.25, -0.2) is 0 Å². The molecule has 0 heterocycles. The van der Waals surface area contributed by atoms with Crippen molar-refractivity contribution in [2.45, 2.75) is 6.92 Å². The van der Waals surface area contributed by atoms with E-state index >= 15 is 0 Å². The van der Waals surface area contributed by atoms with Gasteiger partial charge in [-0.05, 0) is 36.8 Å². The molecule has 0 aliphatic heterocycles. The molecule has 0 saturated carbocycles. The number of nitrogens with zero attached hydrogens (tertiary/aromatic N) is 1. The van der Waals surface area contributed by atoms with Crippen LogP contribution in [-0.4, -0.2) is 23.8 Å². The Bertz CT molecular complexity index is 854. The van der Waals surface area contributed by atoms with E-state index in [4.69, 9.17) is 16.3 Å². The predicted octanol–water partition coefficient (Wildman–Crippen LogP) is 3.14. The number of nitro groups is 1. The largest absolute Gasteiger partial charge is 0.495 e. The molecule has 0 saturated heterocycles. The van der Waals surface area contributed by atoms with Crippen LogP contribution in [0.3, 0.4) is 0 Å². The van der Waals surface area contributed by atoms with Crippen LogP contribution in [0.1, 0.15) is 5.56 Å². The second kappa shape index (κ2) is 7.63. The number of methoxy groups -OCH3 is 1. The molecular formula is C16H14ClN3O5. The molecular weight excluding hydrogens is 350 g/mol. The van der Waals surface area contributed by atoms with Crippen molar-refractivity contribution >= 4 is 40.5 Å². The van der Waals surface area contributed by atoms with Gasteiger partial charge < -0.3 is 15.4 Å². The highest BCUT2D eigenvalue weighted by atomic mass is 35.5. The normalized spacial score (nSPS) is 10.0. The third-order valence-corrected chi connectivity index (χ3v) is 3.53. The van der Waals surface area contributed by atoms with Gasteiger partial charge in [0.15, 0.2) is 0 Å². The lowest BCUT2D eigenvalue weighted by atomic mass is 10.2. The molecule has 0 atom stereocenters. The summed E-state index contributed by atoms with van der Waals surface area (Å²) in [6, 6.07) is 8.79. The average molecular weight is 364 g/mol. The van der Waals surface area contributed by atoms with Gasteiger partial charge in [-0.2, -0.15) is 0 Å². The molecule has 8 nitrogen and oxygen atoms in total. The van der Waals surface area contributed by atoms with E-state index in [2.05, 4.69) is 10.6 Å². The molecule has 0 aliphatic carbocycles. The summed E-state index contributed by atoms with van der Waals surface area (Å²) in [5.41, 5.74) is 0.905. The van der Waals surface area contributed by atoms with Crippen molar-refractivity contribution in [3.05, 3.63) is 57.1 Å². The Morgan fingerprint density at radius 1 is 1.12 bits per heavy atom. The zero-order valence-electron chi connectivity index (χ0n) is 13.3. The number of hydrogen-bond donors (Lipinski definition) is 2. The van der Waals surface area contributed by atoms with E-state index in [0.717, 1.165) is 11.6 Å². The maximum Gasteiger partial charge on any atom is 0.314 e. The summed E-state index contributed by atoms with van der Waals surface area (Å²) in [7, 11) is 1.44. The molecule has 0 radical (unpaired) electrons. The molecule has 130 valence electrons. The van der Waals surface area contributed by atoms with Gasteiger partial charge in [0.2, 0.25) is 0 Å².